The number of nitrogens with one attached hydrogen (secondary N) is 1. The number of rotatable bonds is 3. The van der Waals surface area contributed by atoms with E-state index in [0.29, 0.717) is 0 Å². The van der Waals surface area contributed by atoms with Gasteiger partial charge in [0, 0.05) is 5.56 Å². The molecule has 0 aromatic heterocycles. The number of halogens is 3. The van der Waals surface area contributed by atoms with Gasteiger partial charge < -0.3 is 0 Å². The lowest BCUT2D eigenvalue weighted by Gasteiger charge is -2.09. The summed E-state index contributed by atoms with van der Waals surface area (Å²) in [5, 5.41) is 3.84. The largest absolute Gasteiger partial charge is 0.417 e. The van der Waals surface area contributed by atoms with Gasteiger partial charge in [-0.15, -0.1) is 0 Å². The summed E-state index contributed by atoms with van der Waals surface area (Å²) in [6.45, 7) is 1.95. The van der Waals surface area contributed by atoms with E-state index in [4.69, 9.17) is 0 Å². The fourth-order valence-corrected chi connectivity index (χ4v) is 1.67. The zero-order valence-corrected chi connectivity index (χ0v) is 10.8. The van der Waals surface area contributed by atoms with E-state index >= 15 is 0 Å². The van der Waals surface area contributed by atoms with E-state index in [0.717, 1.165) is 17.3 Å². The Balaban J connectivity index is 2.14. The quantitative estimate of drug-likeness (QED) is 0.650. The molecule has 0 amide bonds. The molecule has 2 nitrogen and oxygen atoms in total. The van der Waals surface area contributed by atoms with Crippen molar-refractivity contribution < 1.29 is 13.2 Å². The Hall–Kier alpha value is -2.30. The van der Waals surface area contributed by atoms with Gasteiger partial charge in [0.05, 0.1) is 17.5 Å². The first kappa shape index (κ1) is 14.1. The highest BCUT2D eigenvalue weighted by Crippen LogP contribution is 2.31. The maximum absolute atomic E-state index is 12.8. The second kappa shape index (κ2) is 5.77. The Morgan fingerprint density at radius 2 is 1.65 bits per heavy atom. The minimum Gasteiger partial charge on any atom is -0.279 e. The highest BCUT2D eigenvalue weighted by atomic mass is 19.4. The number of alkyl halides is 3. The number of benzene rings is 2. The zero-order valence-electron chi connectivity index (χ0n) is 10.8. The predicted octanol–water partition coefficient (Wildman–Crippen LogP) is 4.46. The van der Waals surface area contributed by atoms with E-state index in [1.807, 2.05) is 31.2 Å². The van der Waals surface area contributed by atoms with Crippen LogP contribution in [0.3, 0.4) is 0 Å². The lowest BCUT2D eigenvalue weighted by Crippen LogP contribution is -2.08. The van der Waals surface area contributed by atoms with Crippen molar-refractivity contribution in [1.29, 1.82) is 0 Å². The van der Waals surface area contributed by atoms with E-state index in [-0.39, 0.29) is 5.56 Å². The van der Waals surface area contributed by atoms with Crippen LogP contribution in [-0.4, -0.2) is 6.21 Å². The van der Waals surface area contributed by atoms with Gasteiger partial charge in [-0.25, -0.2) is 0 Å². The third kappa shape index (κ3) is 3.60. The molecule has 0 radical (unpaired) electrons. The minimum atomic E-state index is -4.38. The molecule has 0 fully saturated rings. The molecule has 1 N–H and O–H groups in total. The molecule has 0 aliphatic heterocycles. The van der Waals surface area contributed by atoms with Crippen LogP contribution in [0.2, 0.25) is 0 Å². The van der Waals surface area contributed by atoms with E-state index in [1.165, 1.54) is 18.3 Å². The molecule has 0 saturated heterocycles. The Morgan fingerprint density at radius 1 is 1.00 bits per heavy atom. The Morgan fingerprint density at radius 3 is 2.30 bits per heavy atom. The van der Waals surface area contributed by atoms with Crippen LogP contribution in [0.1, 0.15) is 16.7 Å². The van der Waals surface area contributed by atoms with Gasteiger partial charge in [0.1, 0.15) is 0 Å². The highest BCUT2D eigenvalue weighted by Gasteiger charge is 2.32. The van der Waals surface area contributed by atoms with Crippen molar-refractivity contribution >= 4 is 11.9 Å². The third-order valence-corrected chi connectivity index (χ3v) is 2.72. The van der Waals surface area contributed by atoms with Crippen molar-refractivity contribution in [3.63, 3.8) is 0 Å². The fourth-order valence-electron chi connectivity index (χ4n) is 1.67. The first-order chi connectivity index (χ1) is 9.47. The SMILES string of the molecule is Cc1ccc(NN=Cc2ccccc2C(F)(F)F)cc1. The first-order valence-corrected chi connectivity index (χ1v) is 5.99. The number of aryl methyl sites for hydroxylation is 1. The Bertz CT molecular complexity index is 601. The normalized spacial score (nSPS) is 11.8. The van der Waals surface area contributed by atoms with E-state index < -0.39 is 11.7 Å². The molecule has 20 heavy (non-hydrogen) atoms. The van der Waals surface area contributed by atoms with Crippen LogP contribution in [0.15, 0.2) is 53.6 Å². The number of hydrogen-bond acceptors (Lipinski definition) is 2. The molecule has 0 heterocycles. The van der Waals surface area contributed by atoms with Crippen molar-refractivity contribution in [2.75, 3.05) is 5.43 Å². The summed E-state index contributed by atoms with van der Waals surface area (Å²) in [5.41, 5.74) is 3.85. The molecule has 0 spiro atoms. The van der Waals surface area contributed by atoms with Crippen LogP contribution < -0.4 is 5.43 Å². The Kier molecular flexibility index (Phi) is 4.08. The first-order valence-electron chi connectivity index (χ1n) is 5.99. The summed E-state index contributed by atoms with van der Waals surface area (Å²) < 4.78 is 38.3. The van der Waals surface area contributed by atoms with Gasteiger partial charge in [-0.05, 0) is 25.1 Å². The topological polar surface area (TPSA) is 24.4 Å². The molecule has 0 atom stereocenters. The number of hydrazone groups is 1. The van der Waals surface area contributed by atoms with Crippen molar-refractivity contribution in [3.05, 3.63) is 65.2 Å². The third-order valence-electron chi connectivity index (χ3n) is 2.72. The van der Waals surface area contributed by atoms with E-state index in [9.17, 15) is 13.2 Å². The van der Waals surface area contributed by atoms with Crippen molar-refractivity contribution in [1.82, 2.24) is 0 Å². The molecule has 0 bridgehead atoms. The molecule has 0 unspecified atom stereocenters. The summed E-state index contributed by atoms with van der Waals surface area (Å²) >= 11 is 0. The maximum Gasteiger partial charge on any atom is 0.417 e. The van der Waals surface area contributed by atoms with Crippen LogP contribution in [-0.2, 0) is 6.18 Å². The lowest BCUT2D eigenvalue weighted by atomic mass is 10.1. The Labute approximate surface area is 114 Å². The standard InChI is InChI=1S/C15H13F3N2/c1-11-6-8-13(9-7-11)20-19-10-12-4-2-3-5-14(12)15(16,17)18/h2-10,20H,1H3. The monoisotopic (exact) mass is 278 g/mol. The second-order valence-electron chi connectivity index (χ2n) is 4.32. The van der Waals surface area contributed by atoms with Crippen molar-refractivity contribution in [2.24, 2.45) is 5.10 Å². The van der Waals surface area contributed by atoms with Crippen molar-refractivity contribution in [2.45, 2.75) is 13.1 Å². The molecule has 2 aromatic rings. The molecule has 0 aliphatic carbocycles. The second-order valence-corrected chi connectivity index (χ2v) is 4.32. The molecular formula is C15H13F3N2. The van der Waals surface area contributed by atoms with Gasteiger partial charge in [0.15, 0.2) is 0 Å². The number of nitrogens with zero attached hydrogens (tertiary/aromatic N) is 1. The molecule has 2 aromatic carbocycles. The van der Waals surface area contributed by atoms with Crippen LogP contribution in [0, 0.1) is 6.92 Å². The van der Waals surface area contributed by atoms with E-state index in [2.05, 4.69) is 10.5 Å². The van der Waals surface area contributed by atoms with Crippen LogP contribution in [0.4, 0.5) is 18.9 Å². The molecule has 2 rings (SSSR count). The van der Waals surface area contributed by atoms with Gasteiger partial charge in [-0.3, -0.25) is 5.43 Å². The highest BCUT2D eigenvalue weighted by molar-refractivity contribution is 5.82. The van der Waals surface area contributed by atoms with Crippen molar-refractivity contribution in [3.8, 4) is 0 Å². The van der Waals surface area contributed by atoms with Crippen LogP contribution in [0.25, 0.3) is 0 Å². The summed E-state index contributed by atoms with van der Waals surface area (Å²) in [6, 6.07) is 12.7. The average Bonchev–Trinajstić information content (AvgIpc) is 2.40. The smallest absolute Gasteiger partial charge is 0.279 e. The van der Waals surface area contributed by atoms with Gasteiger partial charge >= 0.3 is 6.18 Å². The molecule has 0 saturated carbocycles. The zero-order chi connectivity index (χ0) is 14.6. The average molecular weight is 278 g/mol. The predicted molar refractivity (Wildman–Crippen MR) is 73.8 cm³/mol. The van der Waals surface area contributed by atoms with Gasteiger partial charge in [-0.1, -0.05) is 35.9 Å². The van der Waals surface area contributed by atoms with Crippen LogP contribution in [0.5, 0.6) is 0 Å². The van der Waals surface area contributed by atoms with Crippen LogP contribution >= 0.6 is 0 Å². The number of anilines is 1. The summed E-state index contributed by atoms with van der Waals surface area (Å²) in [7, 11) is 0. The molecular weight excluding hydrogens is 265 g/mol. The fraction of sp³-hybridized carbons (Fsp3) is 0.133. The maximum atomic E-state index is 12.8. The summed E-state index contributed by atoms with van der Waals surface area (Å²) in [6.07, 6.45) is -3.21. The lowest BCUT2D eigenvalue weighted by molar-refractivity contribution is -0.137. The minimum absolute atomic E-state index is 0.0274. The number of hydrogen-bond donors (Lipinski definition) is 1. The molecule has 0 aliphatic rings. The molecule has 5 heteroatoms. The summed E-state index contributed by atoms with van der Waals surface area (Å²) in [4.78, 5) is 0. The molecule has 104 valence electrons. The van der Waals surface area contributed by atoms with Gasteiger partial charge in [-0.2, -0.15) is 18.3 Å². The van der Waals surface area contributed by atoms with Gasteiger partial charge in [0.2, 0.25) is 0 Å². The van der Waals surface area contributed by atoms with E-state index in [1.54, 1.807) is 6.07 Å². The summed E-state index contributed by atoms with van der Waals surface area (Å²) in [5.74, 6) is 0. The van der Waals surface area contributed by atoms with Gasteiger partial charge in [0.25, 0.3) is 0 Å².